The summed E-state index contributed by atoms with van der Waals surface area (Å²) >= 11 is 0. The molecular weight excluding hydrogens is 372 g/mol. The number of amides is 1. The number of halogens is 1. The quantitative estimate of drug-likeness (QED) is 0.593. The maximum Gasteiger partial charge on any atom is 0.295 e. The number of nitro benzene ring substituents is 1. The monoisotopic (exact) mass is 394 g/mol. The number of nitrogens with one attached hydrogen (secondary N) is 1. The van der Waals surface area contributed by atoms with Crippen molar-refractivity contribution in [1.82, 2.24) is 25.0 Å². The maximum absolute atomic E-state index is 12.7. The summed E-state index contributed by atoms with van der Waals surface area (Å²) in [7, 11) is 1.94. The number of rotatable bonds is 6. The molecule has 3 rings (SSSR count). The van der Waals surface area contributed by atoms with Crippen molar-refractivity contribution in [3.8, 4) is 5.69 Å². The van der Waals surface area contributed by atoms with E-state index in [0.29, 0.717) is 24.6 Å². The normalized spacial score (nSPS) is 14.6. The van der Waals surface area contributed by atoms with Crippen molar-refractivity contribution >= 4 is 24.0 Å². The predicted molar refractivity (Wildman–Crippen MR) is 102 cm³/mol. The number of nitrogens with zero attached hydrogens (tertiary/aromatic N) is 5. The van der Waals surface area contributed by atoms with Gasteiger partial charge in [-0.15, -0.1) is 12.4 Å². The highest BCUT2D eigenvalue weighted by Gasteiger charge is 2.26. The average Bonchev–Trinajstić information content (AvgIpc) is 3.20. The highest BCUT2D eigenvalue weighted by molar-refractivity contribution is 5.95. The van der Waals surface area contributed by atoms with Gasteiger partial charge in [-0.2, -0.15) is 5.10 Å². The summed E-state index contributed by atoms with van der Waals surface area (Å²) in [5.41, 5.74) is 0.453. The average molecular weight is 395 g/mol. The van der Waals surface area contributed by atoms with Crippen LogP contribution in [0.15, 0.2) is 30.9 Å². The van der Waals surface area contributed by atoms with Crippen molar-refractivity contribution in [3.63, 3.8) is 0 Å². The molecule has 1 aromatic heterocycles. The van der Waals surface area contributed by atoms with Gasteiger partial charge in [0.1, 0.15) is 18.3 Å². The molecule has 10 heteroatoms. The molecule has 1 amide bonds. The number of piperidine rings is 1. The minimum absolute atomic E-state index is 0. The van der Waals surface area contributed by atoms with E-state index in [-0.39, 0.29) is 29.7 Å². The van der Waals surface area contributed by atoms with Gasteiger partial charge in [-0.25, -0.2) is 9.67 Å². The summed E-state index contributed by atoms with van der Waals surface area (Å²) in [6, 6.07) is 4.48. The predicted octanol–water partition coefficient (Wildman–Crippen LogP) is 2.06. The fourth-order valence-electron chi connectivity index (χ4n) is 3.28. The van der Waals surface area contributed by atoms with Crippen molar-refractivity contribution in [2.45, 2.75) is 19.3 Å². The lowest BCUT2D eigenvalue weighted by Gasteiger charge is -2.32. The largest absolute Gasteiger partial charge is 0.339 e. The lowest BCUT2D eigenvalue weighted by atomic mass is 9.93. The van der Waals surface area contributed by atoms with Crippen molar-refractivity contribution in [2.75, 3.05) is 26.7 Å². The molecule has 2 heterocycles. The van der Waals surface area contributed by atoms with E-state index in [2.05, 4.69) is 15.4 Å². The van der Waals surface area contributed by atoms with Crippen LogP contribution in [0.1, 0.15) is 29.6 Å². The van der Waals surface area contributed by atoms with Crippen LogP contribution in [0.4, 0.5) is 5.69 Å². The minimum Gasteiger partial charge on any atom is -0.339 e. The van der Waals surface area contributed by atoms with E-state index in [1.165, 1.54) is 23.4 Å². The third-order valence-electron chi connectivity index (χ3n) is 4.79. The van der Waals surface area contributed by atoms with Crippen molar-refractivity contribution in [1.29, 1.82) is 0 Å². The van der Waals surface area contributed by atoms with Gasteiger partial charge >= 0.3 is 0 Å². The first-order valence-corrected chi connectivity index (χ1v) is 8.67. The number of aromatic nitrogens is 3. The van der Waals surface area contributed by atoms with E-state index in [4.69, 9.17) is 0 Å². The number of hydrogen-bond donors (Lipinski definition) is 1. The van der Waals surface area contributed by atoms with E-state index < -0.39 is 4.92 Å². The molecule has 146 valence electrons. The molecule has 0 radical (unpaired) electrons. The lowest BCUT2D eigenvalue weighted by molar-refractivity contribution is -0.384. The van der Waals surface area contributed by atoms with Gasteiger partial charge < -0.3 is 10.2 Å². The van der Waals surface area contributed by atoms with Crippen LogP contribution in [0.5, 0.6) is 0 Å². The molecule has 0 unspecified atom stereocenters. The molecule has 27 heavy (non-hydrogen) atoms. The van der Waals surface area contributed by atoms with Crippen molar-refractivity contribution < 1.29 is 9.72 Å². The first kappa shape index (κ1) is 20.8. The van der Waals surface area contributed by atoms with Gasteiger partial charge in [-0.05, 0) is 50.9 Å². The summed E-state index contributed by atoms with van der Waals surface area (Å²) < 4.78 is 1.32. The summed E-state index contributed by atoms with van der Waals surface area (Å²) in [4.78, 5) is 29.3. The second-order valence-electron chi connectivity index (χ2n) is 6.43. The van der Waals surface area contributed by atoms with Gasteiger partial charge in [0.05, 0.1) is 4.92 Å². The Bertz CT molecular complexity index is 775. The zero-order valence-electron chi connectivity index (χ0n) is 15.1. The van der Waals surface area contributed by atoms with Gasteiger partial charge in [-0.1, -0.05) is 0 Å². The van der Waals surface area contributed by atoms with Crippen LogP contribution in [0.2, 0.25) is 0 Å². The van der Waals surface area contributed by atoms with E-state index in [1.54, 1.807) is 17.0 Å². The Balaban J connectivity index is 0.00000261. The molecule has 1 N–H and O–H groups in total. The fourth-order valence-corrected chi connectivity index (χ4v) is 3.28. The molecule has 1 fully saturated rings. The topological polar surface area (TPSA) is 106 Å². The number of carbonyl (C=O) groups is 1. The Kier molecular flexibility index (Phi) is 7.26. The zero-order valence-corrected chi connectivity index (χ0v) is 15.9. The van der Waals surface area contributed by atoms with Crippen molar-refractivity contribution in [2.24, 2.45) is 5.92 Å². The Morgan fingerprint density at radius 1 is 1.37 bits per heavy atom. The molecule has 1 aliphatic heterocycles. The molecular formula is C17H23ClN6O3. The van der Waals surface area contributed by atoms with Gasteiger partial charge in [0.15, 0.2) is 0 Å². The molecule has 0 bridgehead atoms. The zero-order chi connectivity index (χ0) is 18.5. The van der Waals surface area contributed by atoms with Crippen molar-refractivity contribution in [3.05, 3.63) is 46.5 Å². The molecule has 0 saturated carbocycles. The Hall–Kier alpha value is -2.52. The molecule has 0 atom stereocenters. The number of carbonyl (C=O) groups excluding carboxylic acids is 1. The van der Waals surface area contributed by atoms with Gasteiger partial charge in [0, 0.05) is 24.7 Å². The van der Waals surface area contributed by atoms with E-state index in [1.807, 2.05) is 7.05 Å². The van der Waals surface area contributed by atoms with Crippen LogP contribution >= 0.6 is 12.4 Å². The third kappa shape index (κ3) is 4.81. The number of nitro groups is 1. The molecule has 1 aliphatic rings. The number of benzene rings is 1. The van der Waals surface area contributed by atoms with Gasteiger partial charge in [0.25, 0.3) is 11.6 Å². The smallest absolute Gasteiger partial charge is 0.295 e. The van der Waals surface area contributed by atoms with Crippen LogP contribution in [-0.4, -0.2) is 57.2 Å². The van der Waals surface area contributed by atoms with E-state index in [9.17, 15) is 14.9 Å². The molecule has 1 saturated heterocycles. The molecule has 2 aromatic rings. The Labute approximate surface area is 163 Å². The van der Waals surface area contributed by atoms with E-state index in [0.717, 1.165) is 25.8 Å². The highest BCUT2D eigenvalue weighted by atomic mass is 35.5. The standard InChI is InChI=1S/C17H22N6O3.ClH/c1-18-7-4-13-5-8-21(9-6-13)17(24)14-2-3-15(16(10-14)23(25)26)22-12-19-11-20-22;/h2-3,10-13,18H,4-9H2,1H3;1H. The molecule has 1 aromatic carbocycles. The minimum atomic E-state index is -0.502. The van der Waals surface area contributed by atoms with Crippen LogP contribution in [0.25, 0.3) is 5.69 Å². The molecule has 0 aliphatic carbocycles. The van der Waals surface area contributed by atoms with Crippen LogP contribution in [0.3, 0.4) is 0 Å². The highest BCUT2D eigenvalue weighted by Crippen LogP contribution is 2.26. The van der Waals surface area contributed by atoms with Gasteiger partial charge in [-0.3, -0.25) is 14.9 Å². The molecule has 0 spiro atoms. The third-order valence-corrected chi connectivity index (χ3v) is 4.79. The summed E-state index contributed by atoms with van der Waals surface area (Å²) in [6.45, 7) is 2.35. The number of hydrogen-bond acceptors (Lipinski definition) is 6. The maximum atomic E-state index is 12.7. The first-order chi connectivity index (χ1) is 12.6. The second-order valence-corrected chi connectivity index (χ2v) is 6.43. The summed E-state index contributed by atoms with van der Waals surface area (Å²) in [5.74, 6) is 0.459. The summed E-state index contributed by atoms with van der Waals surface area (Å²) in [5, 5.41) is 18.5. The Morgan fingerprint density at radius 3 is 2.70 bits per heavy atom. The van der Waals surface area contributed by atoms with E-state index >= 15 is 0 Å². The van der Waals surface area contributed by atoms with Crippen LogP contribution < -0.4 is 5.32 Å². The fraction of sp³-hybridized carbons (Fsp3) is 0.471. The number of likely N-dealkylation sites (tertiary alicyclic amines) is 1. The molecule has 9 nitrogen and oxygen atoms in total. The Morgan fingerprint density at radius 2 is 2.11 bits per heavy atom. The van der Waals surface area contributed by atoms with Crippen LogP contribution in [0, 0.1) is 16.0 Å². The lowest BCUT2D eigenvalue weighted by Crippen LogP contribution is -2.39. The first-order valence-electron chi connectivity index (χ1n) is 8.67. The summed E-state index contributed by atoms with van der Waals surface area (Å²) in [6.07, 6.45) is 5.73. The second kappa shape index (κ2) is 9.43. The van der Waals surface area contributed by atoms with Gasteiger partial charge in [0.2, 0.25) is 0 Å². The SMILES string of the molecule is CNCCC1CCN(C(=O)c2ccc(-n3cncn3)c([N+](=O)[O-])c2)CC1.Cl. The van der Waals surface area contributed by atoms with Crippen LogP contribution in [-0.2, 0) is 0 Å².